The molecule has 3 fully saturated rings. The smallest absolute Gasteiger partial charge is 0.335 e. The first-order chi connectivity index (χ1) is 16.4. The molecule has 15 atom stereocenters. The molecule has 0 spiro atoms. The van der Waals surface area contributed by atoms with E-state index in [4.69, 9.17) is 28.8 Å². The molecule has 35 heavy (non-hydrogen) atoms. The van der Waals surface area contributed by atoms with Crippen LogP contribution in [0.5, 0.6) is 0 Å². The molecule has 1 unspecified atom stereocenters. The van der Waals surface area contributed by atoms with Crippen LogP contribution in [-0.2, 0) is 28.5 Å². The van der Waals surface area contributed by atoms with Crippen molar-refractivity contribution in [2.45, 2.75) is 92.1 Å². The van der Waals surface area contributed by atoms with Gasteiger partial charge < -0.3 is 79.9 Å². The lowest BCUT2D eigenvalue weighted by molar-refractivity contribution is -0.375. The minimum Gasteiger partial charge on any atom is -0.479 e. The Balaban J connectivity index is 1.73. The summed E-state index contributed by atoms with van der Waals surface area (Å²) >= 11 is 0. The molecular weight excluding hydrogens is 488 g/mol. The molecule has 0 aromatic carbocycles. The van der Waals surface area contributed by atoms with Crippen molar-refractivity contribution in [3.05, 3.63) is 0 Å². The van der Waals surface area contributed by atoms with E-state index in [2.05, 4.69) is 0 Å². The summed E-state index contributed by atoms with van der Waals surface area (Å²) in [6.45, 7) is -1.68. The third-order valence-electron chi connectivity index (χ3n) is 6.06. The Morgan fingerprint density at radius 1 is 0.600 bits per heavy atom. The number of carboxylic acids is 1. The zero-order valence-corrected chi connectivity index (χ0v) is 17.9. The van der Waals surface area contributed by atoms with Crippen molar-refractivity contribution in [1.29, 1.82) is 0 Å². The standard InChI is InChI=1S/C18H30O17/c19-1-3-12(7(23)9(25)16(30)31-3)33-17-11(27)8(24)13(4(2-20)32-17)34-18-10(26)5(21)6(22)14(35-18)15(28)29/h3-14,16-27,30H,1-2H2,(H,28,29)/t3-,4-,5+,6+,7-,8-,9-,10-,11-,12-,13+,14+,16?,17+,18-/m1/s1. The van der Waals surface area contributed by atoms with Crippen molar-refractivity contribution in [3.8, 4) is 0 Å². The summed E-state index contributed by atoms with van der Waals surface area (Å²) in [7, 11) is 0. The Kier molecular flexibility index (Phi) is 9.35. The van der Waals surface area contributed by atoms with Crippen molar-refractivity contribution in [1.82, 2.24) is 0 Å². The average molecular weight is 518 g/mol. The van der Waals surface area contributed by atoms with Crippen molar-refractivity contribution < 1.29 is 84.7 Å². The molecule has 0 aliphatic carbocycles. The van der Waals surface area contributed by atoms with Gasteiger partial charge in [-0.15, -0.1) is 0 Å². The van der Waals surface area contributed by atoms with Gasteiger partial charge in [0.2, 0.25) is 0 Å². The molecule has 17 nitrogen and oxygen atoms in total. The molecule has 0 aromatic heterocycles. The summed E-state index contributed by atoms with van der Waals surface area (Å²) in [5.74, 6) is -1.69. The number of aliphatic carboxylic acids is 1. The third-order valence-corrected chi connectivity index (χ3v) is 6.06. The molecule has 0 aromatic rings. The number of ether oxygens (including phenoxy) is 5. The number of aliphatic hydroxyl groups is 10. The largest absolute Gasteiger partial charge is 0.479 e. The Hall–Kier alpha value is -1.13. The Bertz CT molecular complexity index is 707. The second-order valence-corrected chi connectivity index (χ2v) is 8.37. The zero-order valence-electron chi connectivity index (χ0n) is 17.9. The SMILES string of the molecule is O=C(O)[C@H]1O[C@@H](O[C@@H]2[C@H](O)[C@@H](O)[C@H](O[C@H]3[C@H](O)[C@@H](O)C(O)O[C@@H]3CO)O[C@@H]2CO)[C@H](O)[C@@H](O)[C@@H]1O. The van der Waals surface area contributed by atoms with Crippen LogP contribution in [0.1, 0.15) is 0 Å². The first-order valence-electron chi connectivity index (χ1n) is 10.6. The van der Waals surface area contributed by atoms with E-state index in [1.54, 1.807) is 0 Å². The normalized spacial score (nSPS) is 51.2. The van der Waals surface area contributed by atoms with E-state index in [0.29, 0.717) is 0 Å². The van der Waals surface area contributed by atoms with Gasteiger partial charge >= 0.3 is 5.97 Å². The number of hydrogen-bond acceptors (Lipinski definition) is 16. The van der Waals surface area contributed by atoms with Crippen LogP contribution in [0.3, 0.4) is 0 Å². The number of hydrogen-bond donors (Lipinski definition) is 11. The van der Waals surface area contributed by atoms with Crippen LogP contribution >= 0.6 is 0 Å². The highest BCUT2D eigenvalue weighted by Crippen LogP contribution is 2.32. The second-order valence-electron chi connectivity index (χ2n) is 8.37. The molecule has 3 heterocycles. The molecule has 17 heteroatoms. The van der Waals surface area contributed by atoms with Gasteiger partial charge in [0.05, 0.1) is 13.2 Å². The molecule has 0 amide bonds. The summed E-state index contributed by atoms with van der Waals surface area (Å²) < 4.78 is 26.0. The van der Waals surface area contributed by atoms with Crippen molar-refractivity contribution in [2.75, 3.05) is 13.2 Å². The van der Waals surface area contributed by atoms with Crippen LogP contribution in [0.25, 0.3) is 0 Å². The highest BCUT2D eigenvalue weighted by molar-refractivity contribution is 5.73. The summed E-state index contributed by atoms with van der Waals surface area (Å²) in [6.07, 6.45) is -27.4. The lowest BCUT2D eigenvalue weighted by Gasteiger charge is -2.47. The quantitative estimate of drug-likeness (QED) is 0.149. The van der Waals surface area contributed by atoms with Gasteiger partial charge in [0, 0.05) is 0 Å². The number of aliphatic hydroxyl groups excluding tert-OH is 10. The lowest BCUT2D eigenvalue weighted by Crippen LogP contribution is -2.66. The lowest BCUT2D eigenvalue weighted by atomic mass is 9.96. The average Bonchev–Trinajstić information content (AvgIpc) is 2.83. The first-order valence-corrected chi connectivity index (χ1v) is 10.6. The predicted molar refractivity (Wildman–Crippen MR) is 102 cm³/mol. The van der Waals surface area contributed by atoms with Gasteiger partial charge in [0.15, 0.2) is 25.0 Å². The van der Waals surface area contributed by atoms with Crippen LogP contribution in [0.15, 0.2) is 0 Å². The van der Waals surface area contributed by atoms with Crippen LogP contribution in [0.4, 0.5) is 0 Å². The molecule has 0 radical (unpaired) electrons. The fourth-order valence-electron chi connectivity index (χ4n) is 4.04. The topological polar surface area (TPSA) is 286 Å². The number of carboxylic acid groups (broad SMARTS) is 1. The van der Waals surface area contributed by atoms with E-state index in [1.165, 1.54) is 0 Å². The third kappa shape index (κ3) is 5.59. The molecule has 3 saturated heterocycles. The van der Waals surface area contributed by atoms with Crippen LogP contribution < -0.4 is 0 Å². The van der Waals surface area contributed by atoms with Crippen molar-refractivity contribution in [3.63, 3.8) is 0 Å². The molecule has 0 bridgehead atoms. The molecule has 0 saturated carbocycles. The fraction of sp³-hybridized carbons (Fsp3) is 0.944. The Labute approximate surface area is 196 Å². The maximum absolute atomic E-state index is 11.3. The van der Waals surface area contributed by atoms with Gasteiger partial charge in [0.1, 0.15) is 67.1 Å². The van der Waals surface area contributed by atoms with E-state index in [1.807, 2.05) is 0 Å². The minimum atomic E-state index is -2.02. The number of rotatable bonds is 7. The summed E-state index contributed by atoms with van der Waals surface area (Å²) in [5.41, 5.74) is 0. The predicted octanol–water partition coefficient (Wildman–Crippen LogP) is -7.48. The van der Waals surface area contributed by atoms with Gasteiger partial charge in [-0.1, -0.05) is 0 Å². The van der Waals surface area contributed by atoms with E-state index in [-0.39, 0.29) is 0 Å². The van der Waals surface area contributed by atoms with Gasteiger partial charge in [0.25, 0.3) is 0 Å². The molecule has 3 aliphatic heterocycles. The van der Waals surface area contributed by atoms with Gasteiger partial charge in [-0.25, -0.2) is 4.79 Å². The monoisotopic (exact) mass is 518 g/mol. The molecule has 3 aliphatic rings. The van der Waals surface area contributed by atoms with E-state index in [0.717, 1.165) is 0 Å². The van der Waals surface area contributed by atoms with E-state index < -0.39 is 111 Å². The molecule has 204 valence electrons. The Morgan fingerprint density at radius 3 is 1.57 bits per heavy atom. The molecule has 3 rings (SSSR count). The van der Waals surface area contributed by atoms with Gasteiger partial charge in [-0.3, -0.25) is 0 Å². The highest BCUT2D eigenvalue weighted by Gasteiger charge is 2.54. The van der Waals surface area contributed by atoms with Gasteiger partial charge in [-0.05, 0) is 0 Å². The fourth-order valence-corrected chi connectivity index (χ4v) is 4.04. The summed E-state index contributed by atoms with van der Waals surface area (Å²) in [6, 6.07) is 0. The first kappa shape index (κ1) is 28.4. The van der Waals surface area contributed by atoms with Crippen LogP contribution in [-0.4, -0.2) is 167 Å². The van der Waals surface area contributed by atoms with Crippen molar-refractivity contribution in [2.24, 2.45) is 0 Å². The van der Waals surface area contributed by atoms with Crippen LogP contribution in [0, 0.1) is 0 Å². The summed E-state index contributed by atoms with van der Waals surface area (Å²) in [5, 5.41) is 109. The van der Waals surface area contributed by atoms with Crippen molar-refractivity contribution >= 4 is 5.97 Å². The Morgan fingerprint density at radius 2 is 1.06 bits per heavy atom. The van der Waals surface area contributed by atoms with Gasteiger partial charge in [-0.2, -0.15) is 0 Å². The maximum atomic E-state index is 11.3. The minimum absolute atomic E-state index is 0.790. The maximum Gasteiger partial charge on any atom is 0.335 e. The van der Waals surface area contributed by atoms with E-state index in [9.17, 15) is 55.9 Å². The second kappa shape index (κ2) is 11.5. The molecular formula is C18H30O17. The summed E-state index contributed by atoms with van der Waals surface area (Å²) in [4.78, 5) is 11.3. The van der Waals surface area contributed by atoms with Crippen LogP contribution in [0.2, 0.25) is 0 Å². The molecule has 11 N–H and O–H groups in total. The highest BCUT2D eigenvalue weighted by atomic mass is 16.8. The van der Waals surface area contributed by atoms with E-state index >= 15 is 0 Å². The zero-order chi connectivity index (χ0) is 26.2. The number of carbonyl (C=O) groups is 1.